The molecule has 0 atom stereocenters. The number of benzene rings is 3. The summed E-state index contributed by atoms with van der Waals surface area (Å²) in [5.74, 6) is 2.79. The van der Waals surface area contributed by atoms with Crippen LogP contribution in [0, 0.1) is 23.7 Å². The molecule has 0 radical (unpaired) electrons. The molecule has 6 nitrogen and oxygen atoms in total. The number of carbonyl (C=O) groups excluding carboxylic acids is 2. The van der Waals surface area contributed by atoms with Crippen LogP contribution in [-0.4, -0.2) is 38.4 Å². The molecule has 2 aliphatic rings. The molecule has 6 heteroatoms. The number of esters is 2. The molecule has 2 aliphatic carbocycles. The molecule has 2 saturated carbocycles. The van der Waals surface area contributed by atoms with Crippen LogP contribution >= 0.6 is 0 Å². The largest absolute Gasteiger partial charge is 0.493 e. The van der Waals surface area contributed by atoms with Gasteiger partial charge in [0, 0.05) is 0 Å². The molecule has 46 heavy (non-hydrogen) atoms. The van der Waals surface area contributed by atoms with Gasteiger partial charge in [-0.2, -0.15) is 0 Å². The quantitative estimate of drug-likeness (QED) is 0.167. The Hall–Kier alpha value is -4.32. The van der Waals surface area contributed by atoms with Crippen LogP contribution in [0.25, 0.3) is 12.2 Å². The molecular formula is C40H46O6. The van der Waals surface area contributed by atoms with E-state index in [2.05, 4.69) is 13.2 Å². The Kier molecular flexibility index (Phi) is 12.1. The van der Waals surface area contributed by atoms with Gasteiger partial charge in [0.2, 0.25) is 0 Å². The summed E-state index contributed by atoms with van der Waals surface area (Å²) in [6.07, 6.45) is 11.9. The van der Waals surface area contributed by atoms with Gasteiger partial charge >= 0.3 is 11.9 Å². The lowest BCUT2D eigenvalue weighted by molar-refractivity contribution is 0.0371. The second-order valence-electron chi connectivity index (χ2n) is 12.7. The molecule has 0 N–H and O–H groups in total. The van der Waals surface area contributed by atoms with Gasteiger partial charge in [-0.25, -0.2) is 9.59 Å². The van der Waals surface area contributed by atoms with Crippen LogP contribution in [0.1, 0.15) is 83.2 Å². The minimum absolute atomic E-state index is 0.358. The number of hydrogen-bond acceptors (Lipinski definition) is 6. The average Bonchev–Trinajstić information content (AvgIpc) is 3.12. The molecule has 2 fully saturated rings. The molecule has 0 bridgehead atoms. The molecule has 3 aromatic rings. The van der Waals surface area contributed by atoms with E-state index in [-0.39, 0.29) is 11.9 Å². The van der Waals surface area contributed by atoms with Crippen molar-refractivity contribution in [2.75, 3.05) is 26.4 Å². The van der Waals surface area contributed by atoms with Crippen molar-refractivity contribution in [2.45, 2.75) is 51.4 Å². The van der Waals surface area contributed by atoms with Gasteiger partial charge < -0.3 is 18.9 Å². The van der Waals surface area contributed by atoms with Crippen LogP contribution < -0.4 is 9.47 Å². The fraction of sp³-hybridized carbons (Fsp3) is 0.400. The normalized spacial score (nSPS) is 21.0. The van der Waals surface area contributed by atoms with E-state index < -0.39 is 0 Å². The van der Waals surface area contributed by atoms with Crippen molar-refractivity contribution < 1.29 is 28.5 Å². The topological polar surface area (TPSA) is 71.1 Å². The predicted molar refractivity (Wildman–Crippen MR) is 182 cm³/mol. The summed E-state index contributed by atoms with van der Waals surface area (Å²) < 4.78 is 23.2. The zero-order valence-corrected chi connectivity index (χ0v) is 26.7. The molecule has 0 aromatic heterocycles. The van der Waals surface area contributed by atoms with E-state index in [1.165, 1.54) is 0 Å². The van der Waals surface area contributed by atoms with E-state index in [1.54, 1.807) is 24.3 Å². The van der Waals surface area contributed by atoms with Crippen molar-refractivity contribution in [3.05, 3.63) is 108 Å². The fourth-order valence-electron chi connectivity index (χ4n) is 6.25. The minimum atomic E-state index is -0.358. The number of carbonyl (C=O) groups is 2. The Morgan fingerprint density at radius 2 is 0.804 bits per heavy atom. The standard InChI is InChI=1S/C40H46O6/c1-3-29-13-21-37(22-14-29)43-25-31-5-9-33(10-6-31)27-45-39(41)35-17-19-36(20-18-35)40(42)46-28-34-11-7-32(8-12-34)26-44-38-23-15-30(4-2)16-24-38/h3-4,13-24,31-34H,1-2,5-12,25-28H2. The first-order valence-corrected chi connectivity index (χ1v) is 16.6. The highest BCUT2D eigenvalue weighted by atomic mass is 16.5. The lowest BCUT2D eigenvalue weighted by atomic mass is 9.83. The van der Waals surface area contributed by atoms with E-state index in [1.807, 2.05) is 60.7 Å². The molecule has 5 rings (SSSR count). The van der Waals surface area contributed by atoms with Crippen LogP contribution in [0.5, 0.6) is 11.5 Å². The summed E-state index contributed by atoms with van der Waals surface area (Å²) in [6.45, 7) is 9.80. The molecule has 242 valence electrons. The Morgan fingerprint density at radius 3 is 1.11 bits per heavy atom. The SMILES string of the molecule is C=Cc1ccc(OCC2CCC(COC(=O)c3ccc(C(=O)OCC4CCC(COc5ccc(C=C)cc5)CC4)cc3)CC2)cc1. The highest BCUT2D eigenvalue weighted by molar-refractivity contribution is 5.93. The Labute approximate surface area is 273 Å². The zero-order chi connectivity index (χ0) is 32.1. The Morgan fingerprint density at radius 1 is 0.500 bits per heavy atom. The summed E-state index contributed by atoms with van der Waals surface area (Å²) in [4.78, 5) is 25.3. The third-order valence-corrected chi connectivity index (χ3v) is 9.39. The lowest BCUT2D eigenvalue weighted by Gasteiger charge is -2.28. The molecular weight excluding hydrogens is 576 g/mol. The molecule has 0 amide bonds. The first-order chi connectivity index (χ1) is 22.5. The molecule has 0 spiro atoms. The zero-order valence-electron chi connectivity index (χ0n) is 26.7. The predicted octanol–water partition coefficient (Wildman–Crippen LogP) is 9.06. The maximum Gasteiger partial charge on any atom is 0.338 e. The second-order valence-corrected chi connectivity index (χ2v) is 12.7. The van der Waals surface area contributed by atoms with Crippen LogP contribution in [0.15, 0.2) is 86.0 Å². The van der Waals surface area contributed by atoms with E-state index in [4.69, 9.17) is 18.9 Å². The van der Waals surface area contributed by atoms with Gasteiger partial charge in [-0.3, -0.25) is 0 Å². The highest BCUT2D eigenvalue weighted by Crippen LogP contribution is 2.31. The van der Waals surface area contributed by atoms with Crippen molar-refractivity contribution in [1.29, 1.82) is 0 Å². The summed E-state index contributed by atoms with van der Waals surface area (Å²) in [6, 6.07) is 22.5. The van der Waals surface area contributed by atoms with Gasteiger partial charge in [0.25, 0.3) is 0 Å². The van der Waals surface area contributed by atoms with E-state index >= 15 is 0 Å². The van der Waals surface area contributed by atoms with Crippen LogP contribution in [0.3, 0.4) is 0 Å². The van der Waals surface area contributed by atoms with Crippen molar-refractivity contribution >= 4 is 24.1 Å². The second kappa shape index (κ2) is 16.8. The first kappa shape index (κ1) is 33.1. The van der Waals surface area contributed by atoms with Gasteiger partial charge in [0.15, 0.2) is 0 Å². The molecule has 0 heterocycles. The fourth-order valence-corrected chi connectivity index (χ4v) is 6.25. The number of rotatable bonds is 14. The number of hydrogen-bond donors (Lipinski definition) is 0. The van der Waals surface area contributed by atoms with Crippen LogP contribution in [-0.2, 0) is 9.47 Å². The van der Waals surface area contributed by atoms with Crippen LogP contribution in [0.2, 0.25) is 0 Å². The maximum atomic E-state index is 12.7. The maximum absolute atomic E-state index is 12.7. The highest BCUT2D eigenvalue weighted by Gasteiger charge is 2.25. The van der Waals surface area contributed by atoms with Crippen molar-refractivity contribution in [3.63, 3.8) is 0 Å². The van der Waals surface area contributed by atoms with Gasteiger partial charge in [-0.15, -0.1) is 0 Å². The Bertz CT molecular complexity index is 1300. The summed E-state index contributed by atoms with van der Waals surface area (Å²) in [7, 11) is 0. The lowest BCUT2D eigenvalue weighted by Crippen LogP contribution is -2.24. The van der Waals surface area contributed by atoms with E-state index in [0.717, 1.165) is 74.0 Å². The molecule has 0 saturated heterocycles. The van der Waals surface area contributed by atoms with Crippen molar-refractivity contribution in [1.82, 2.24) is 0 Å². The van der Waals surface area contributed by atoms with E-state index in [9.17, 15) is 9.59 Å². The van der Waals surface area contributed by atoms with Crippen molar-refractivity contribution in [2.24, 2.45) is 23.7 Å². The number of ether oxygens (including phenoxy) is 4. The Balaban J connectivity index is 0.945. The van der Waals surface area contributed by atoms with Crippen molar-refractivity contribution in [3.8, 4) is 11.5 Å². The molecule has 0 unspecified atom stereocenters. The third-order valence-electron chi connectivity index (χ3n) is 9.39. The summed E-state index contributed by atoms with van der Waals surface area (Å²) >= 11 is 0. The first-order valence-electron chi connectivity index (χ1n) is 16.6. The van der Waals surface area contributed by atoms with Gasteiger partial charge in [0.1, 0.15) is 11.5 Å². The van der Waals surface area contributed by atoms with E-state index in [0.29, 0.717) is 61.2 Å². The summed E-state index contributed by atoms with van der Waals surface area (Å²) in [5.41, 5.74) is 3.04. The smallest absolute Gasteiger partial charge is 0.338 e. The van der Waals surface area contributed by atoms with Crippen LogP contribution in [0.4, 0.5) is 0 Å². The monoisotopic (exact) mass is 622 g/mol. The minimum Gasteiger partial charge on any atom is -0.493 e. The average molecular weight is 623 g/mol. The third kappa shape index (κ3) is 9.84. The van der Waals surface area contributed by atoms with Gasteiger partial charge in [0.05, 0.1) is 37.6 Å². The van der Waals surface area contributed by atoms with Gasteiger partial charge in [-0.1, -0.05) is 49.6 Å². The summed E-state index contributed by atoms with van der Waals surface area (Å²) in [5, 5.41) is 0. The van der Waals surface area contributed by atoms with Gasteiger partial charge in [-0.05, 0) is 135 Å². The molecule has 0 aliphatic heterocycles. The molecule has 3 aromatic carbocycles.